The molecule has 0 atom stereocenters. The Hall–Kier alpha value is -2.70. The quantitative estimate of drug-likeness (QED) is 0.779. The van der Waals surface area contributed by atoms with Crippen LogP contribution in [0.15, 0.2) is 16.7 Å². The maximum atomic E-state index is 12.5. The first kappa shape index (κ1) is 13.3. The fraction of sp³-hybridized carbons (Fsp3) is 0.286. The van der Waals surface area contributed by atoms with Gasteiger partial charge in [-0.25, -0.2) is 4.98 Å². The summed E-state index contributed by atoms with van der Waals surface area (Å²) in [4.78, 5) is 16.9. The van der Waals surface area contributed by atoms with Crippen LogP contribution in [0.3, 0.4) is 0 Å². The lowest BCUT2D eigenvalue weighted by molar-refractivity contribution is 0.102. The molecule has 7 heteroatoms. The summed E-state index contributed by atoms with van der Waals surface area (Å²) in [5.41, 5.74) is 2.74. The first-order chi connectivity index (χ1) is 9.95. The Bertz CT molecular complexity index is 847. The van der Waals surface area contributed by atoms with Crippen molar-refractivity contribution in [1.29, 1.82) is 0 Å². The Morgan fingerprint density at radius 3 is 2.71 bits per heavy atom. The van der Waals surface area contributed by atoms with Crippen molar-refractivity contribution >= 4 is 22.8 Å². The lowest BCUT2D eigenvalue weighted by Crippen LogP contribution is -2.13. The highest BCUT2D eigenvalue weighted by Crippen LogP contribution is 2.22. The second-order valence-corrected chi connectivity index (χ2v) is 5.00. The van der Waals surface area contributed by atoms with Gasteiger partial charge < -0.3 is 9.84 Å². The van der Waals surface area contributed by atoms with Gasteiger partial charge in [-0.2, -0.15) is 5.10 Å². The van der Waals surface area contributed by atoms with Crippen molar-refractivity contribution in [2.75, 3.05) is 5.32 Å². The van der Waals surface area contributed by atoms with Gasteiger partial charge in [-0.1, -0.05) is 5.16 Å². The normalized spacial score (nSPS) is 11.0. The number of carbonyl (C=O) groups excluding carboxylic acids is 1. The average molecular weight is 285 g/mol. The average Bonchev–Trinajstić information content (AvgIpc) is 2.93. The Balaban J connectivity index is 2.08. The van der Waals surface area contributed by atoms with E-state index in [2.05, 4.69) is 20.6 Å². The van der Waals surface area contributed by atoms with Crippen LogP contribution in [-0.2, 0) is 7.05 Å². The zero-order valence-electron chi connectivity index (χ0n) is 12.3. The number of hydrogen-bond donors (Lipinski definition) is 1. The first-order valence-electron chi connectivity index (χ1n) is 6.51. The van der Waals surface area contributed by atoms with Crippen molar-refractivity contribution in [3.8, 4) is 0 Å². The fourth-order valence-corrected chi connectivity index (χ4v) is 2.36. The maximum Gasteiger partial charge on any atom is 0.257 e. The molecule has 0 bridgehead atoms. The molecule has 0 spiro atoms. The predicted octanol–water partition coefficient (Wildman–Crippen LogP) is 2.13. The highest BCUT2D eigenvalue weighted by molar-refractivity contribution is 6.12. The van der Waals surface area contributed by atoms with Crippen LogP contribution in [0.2, 0.25) is 0 Å². The Kier molecular flexibility index (Phi) is 2.97. The minimum Gasteiger partial charge on any atom is -0.360 e. The van der Waals surface area contributed by atoms with E-state index in [1.807, 2.05) is 20.9 Å². The number of amides is 1. The second kappa shape index (κ2) is 4.69. The number of carbonyl (C=O) groups is 1. The third-order valence-corrected chi connectivity index (χ3v) is 3.21. The molecule has 7 nitrogen and oxygen atoms in total. The molecule has 3 heterocycles. The van der Waals surface area contributed by atoms with Crippen LogP contribution in [0.4, 0.5) is 5.82 Å². The van der Waals surface area contributed by atoms with E-state index in [-0.39, 0.29) is 5.91 Å². The molecule has 0 aromatic carbocycles. The van der Waals surface area contributed by atoms with E-state index in [4.69, 9.17) is 4.52 Å². The van der Waals surface area contributed by atoms with E-state index in [1.165, 1.54) is 0 Å². The van der Waals surface area contributed by atoms with Crippen molar-refractivity contribution in [1.82, 2.24) is 19.9 Å². The number of aromatic nitrogens is 4. The lowest BCUT2D eigenvalue weighted by atomic mass is 10.1. The van der Waals surface area contributed by atoms with Gasteiger partial charge in [-0.3, -0.25) is 9.48 Å². The number of pyridine rings is 1. The van der Waals surface area contributed by atoms with Crippen LogP contribution in [0.1, 0.15) is 27.5 Å². The van der Waals surface area contributed by atoms with Gasteiger partial charge in [0.05, 0.1) is 16.6 Å². The lowest BCUT2D eigenvalue weighted by Gasteiger charge is -2.05. The number of aryl methyl sites for hydroxylation is 4. The number of hydrogen-bond acceptors (Lipinski definition) is 5. The van der Waals surface area contributed by atoms with Gasteiger partial charge in [0.1, 0.15) is 5.76 Å². The van der Waals surface area contributed by atoms with Crippen molar-refractivity contribution < 1.29 is 9.32 Å². The van der Waals surface area contributed by atoms with Crippen LogP contribution >= 0.6 is 0 Å². The Morgan fingerprint density at radius 2 is 2.05 bits per heavy atom. The van der Waals surface area contributed by atoms with Gasteiger partial charge in [0.25, 0.3) is 5.91 Å². The van der Waals surface area contributed by atoms with Gasteiger partial charge in [-0.05, 0) is 26.8 Å². The molecule has 3 aromatic rings. The summed E-state index contributed by atoms with van der Waals surface area (Å²) in [5.74, 6) is 0.774. The topological polar surface area (TPSA) is 85.8 Å². The third kappa shape index (κ3) is 2.26. The second-order valence-electron chi connectivity index (χ2n) is 5.00. The molecule has 21 heavy (non-hydrogen) atoms. The van der Waals surface area contributed by atoms with E-state index in [9.17, 15) is 4.79 Å². The Labute approximate surface area is 120 Å². The van der Waals surface area contributed by atoms with Gasteiger partial charge in [0.2, 0.25) is 0 Å². The van der Waals surface area contributed by atoms with Crippen LogP contribution in [0.25, 0.3) is 11.0 Å². The molecule has 0 saturated heterocycles. The molecule has 0 aliphatic heterocycles. The van der Waals surface area contributed by atoms with Gasteiger partial charge in [-0.15, -0.1) is 0 Å². The monoisotopic (exact) mass is 285 g/mol. The molecule has 1 amide bonds. The zero-order chi connectivity index (χ0) is 15.1. The summed E-state index contributed by atoms with van der Waals surface area (Å²) >= 11 is 0. The molecule has 1 N–H and O–H groups in total. The van der Waals surface area contributed by atoms with E-state index >= 15 is 0 Å². The van der Waals surface area contributed by atoms with Gasteiger partial charge >= 0.3 is 0 Å². The predicted molar refractivity (Wildman–Crippen MR) is 77.2 cm³/mol. The van der Waals surface area contributed by atoms with Crippen LogP contribution < -0.4 is 5.32 Å². The summed E-state index contributed by atoms with van der Waals surface area (Å²) < 4.78 is 6.62. The summed E-state index contributed by atoms with van der Waals surface area (Å²) in [6.07, 6.45) is 0. The number of nitrogens with zero attached hydrogens (tertiary/aromatic N) is 4. The smallest absolute Gasteiger partial charge is 0.257 e. The van der Waals surface area contributed by atoms with Gasteiger partial charge in [0.15, 0.2) is 11.5 Å². The standard InChI is InChI=1S/C14H15N5O2/c1-7-5-10(12-9(3)17-19(4)13(12)15-7)14(20)16-11-6-8(2)21-18-11/h5-6H,1-4H3,(H,16,18,20). The summed E-state index contributed by atoms with van der Waals surface area (Å²) in [5, 5.41) is 11.6. The van der Waals surface area contributed by atoms with Crippen LogP contribution in [0.5, 0.6) is 0 Å². The minimum absolute atomic E-state index is 0.255. The molecule has 3 aromatic heterocycles. The highest BCUT2D eigenvalue weighted by Gasteiger charge is 2.18. The van der Waals surface area contributed by atoms with Crippen molar-refractivity contribution in [3.63, 3.8) is 0 Å². The molecule has 0 aliphatic carbocycles. The zero-order valence-corrected chi connectivity index (χ0v) is 12.3. The summed E-state index contributed by atoms with van der Waals surface area (Å²) in [7, 11) is 1.81. The van der Waals surface area contributed by atoms with Crippen LogP contribution in [0, 0.1) is 20.8 Å². The molecular weight excluding hydrogens is 270 g/mol. The SMILES string of the molecule is Cc1cc(C(=O)Nc2cc(C)on2)c2c(C)nn(C)c2n1. The highest BCUT2D eigenvalue weighted by atomic mass is 16.5. The Morgan fingerprint density at radius 1 is 1.29 bits per heavy atom. The van der Waals surface area contributed by atoms with Gasteiger partial charge in [0, 0.05) is 18.8 Å². The third-order valence-electron chi connectivity index (χ3n) is 3.21. The molecule has 3 rings (SSSR count). The fourth-order valence-electron chi connectivity index (χ4n) is 2.36. The number of anilines is 1. The maximum absolute atomic E-state index is 12.5. The minimum atomic E-state index is -0.255. The molecule has 0 fully saturated rings. The van der Waals surface area contributed by atoms with E-state index < -0.39 is 0 Å². The molecular formula is C14H15N5O2. The molecule has 0 aliphatic rings. The first-order valence-corrected chi connectivity index (χ1v) is 6.51. The van der Waals surface area contributed by atoms with E-state index in [0.717, 1.165) is 16.8 Å². The number of rotatable bonds is 2. The number of fused-ring (bicyclic) bond motifs is 1. The van der Waals surface area contributed by atoms with Crippen LogP contribution in [-0.4, -0.2) is 25.8 Å². The van der Waals surface area contributed by atoms with E-state index in [1.54, 1.807) is 23.7 Å². The molecule has 0 unspecified atom stereocenters. The van der Waals surface area contributed by atoms with Crippen molar-refractivity contribution in [2.24, 2.45) is 7.05 Å². The molecule has 0 saturated carbocycles. The van der Waals surface area contributed by atoms with Crippen molar-refractivity contribution in [3.05, 3.63) is 34.8 Å². The summed E-state index contributed by atoms with van der Waals surface area (Å²) in [6, 6.07) is 3.42. The summed E-state index contributed by atoms with van der Waals surface area (Å²) in [6.45, 7) is 5.47. The number of nitrogens with one attached hydrogen (secondary N) is 1. The van der Waals surface area contributed by atoms with Crippen molar-refractivity contribution in [2.45, 2.75) is 20.8 Å². The van der Waals surface area contributed by atoms with E-state index in [0.29, 0.717) is 22.8 Å². The molecule has 108 valence electrons. The molecule has 0 radical (unpaired) electrons. The largest absolute Gasteiger partial charge is 0.360 e.